The van der Waals surface area contributed by atoms with Gasteiger partial charge >= 0.3 is 0 Å². The number of ether oxygens (including phenoxy) is 1. The molecule has 3 N–H and O–H groups in total. The summed E-state index contributed by atoms with van der Waals surface area (Å²) in [5.41, 5.74) is 2.85. The predicted molar refractivity (Wildman–Crippen MR) is 115 cm³/mol. The molecule has 3 aromatic rings. The van der Waals surface area contributed by atoms with E-state index in [0.717, 1.165) is 29.7 Å². The number of hydrogen-bond acceptors (Lipinski definition) is 4. The zero-order valence-electron chi connectivity index (χ0n) is 16.1. The van der Waals surface area contributed by atoms with Crippen molar-refractivity contribution in [2.75, 3.05) is 6.54 Å². The van der Waals surface area contributed by atoms with Crippen molar-refractivity contribution in [3.05, 3.63) is 94.3 Å². The lowest BCUT2D eigenvalue weighted by Gasteiger charge is -2.09. The zero-order chi connectivity index (χ0) is 21.6. The van der Waals surface area contributed by atoms with Gasteiger partial charge in [0, 0.05) is 12.1 Å². The Hall–Kier alpha value is -2.45. The fourth-order valence-corrected chi connectivity index (χ4v) is 3.55. The molecule has 0 fully saturated rings. The predicted octanol–water partition coefficient (Wildman–Crippen LogP) is 4.04. The molecule has 0 aliphatic carbocycles. The molecule has 0 saturated carbocycles. The van der Waals surface area contributed by atoms with Gasteiger partial charge in [0.2, 0.25) is 10.0 Å². The summed E-state index contributed by atoms with van der Waals surface area (Å²) in [4.78, 5) is 0.114. The molecule has 3 aromatic carbocycles. The minimum Gasteiger partial charge on any atom is -0.489 e. The SMILES string of the molecule is NS(=O)(=O)c1ccc(CCNCc2ccc(OCc3ccc(F)cc3Cl)cc2)cc1. The Labute approximate surface area is 180 Å². The molecule has 0 bridgehead atoms. The first kappa shape index (κ1) is 22.2. The highest BCUT2D eigenvalue weighted by Gasteiger charge is 2.06. The van der Waals surface area contributed by atoms with Crippen molar-refractivity contribution in [2.45, 2.75) is 24.5 Å². The lowest BCUT2D eigenvalue weighted by Crippen LogP contribution is -2.17. The molecule has 158 valence electrons. The molecule has 0 aliphatic rings. The molecule has 0 spiro atoms. The Bertz CT molecular complexity index is 1090. The van der Waals surface area contributed by atoms with Crippen LogP contribution in [0.1, 0.15) is 16.7 Å². The number of halogens is 2. The molecule has 0 saturated heterocycles. The second kappa shape index (κ2) is 10.0. The molecule has 30 heavy (non-hydrogen) atoms. The van der Waals surface area contributed by atoms with Crippen molar-refractivity contribution in [1.82, 2.24) is 5.32 Å². The van der Waals surface area contributed by atoms with E-state index in [1.165, 1.54) is 24.3 Å². The Morgan fingerprint density at radius 2 is 1.63 bits per heavy atom. The third-order valence-corrected chi connectivity index (χ3v) is 5.79. The van der Waals surface area contributed by atoms with Gasteiger partial charge in [-0.15, -0.1) is 0 Å². The van der Waals surface area contributed by atoms with E-state index in [0.29, 0.717) is 17.3 Å². The van der Waals surface area contributed by atoms with Crippen molar-refractivity contribution in [3.8, 4) is 5.75 Å². The summed E-state index contributed by atoms with van der Waals surface area (Å²) >= 11 is 6.00. The largest absolute Gasteiger partial charge is 0.489 e. The third-order valence-electron chi connectivity index (χ3n) is 4.50. The minimum atomic E-state index is -3.66. The van der Waals surface area contributed by atoms with Crippen molar-refractivity contribution in [3.63, 3.8) is 0 Å². The summed E-state index contributed by atoms with van der Waals surface area (Å²) in [5, 5.41) is 8.79. The Balaban J connectivity index is 1.42. The van der Waals surface area contributed by atoms with Gasteiger partial charge in [-0.25, -0.2) is 17.9 Å². The van der Waals surface area contributed by atoms with E-state index < -0.39 is 10.0 Å². The monoisotopic (exact) mass is 448 g/mol. The van der Waals surface area contributed by atoms with Crippen LogP contribution >= 0.6 is 11.6 Å². The first-order valence-electron chi connectivity index (χ1n) is 9.29. The van der Waals surface area contributed by atoms with Crippen LogP contribution in [0.3, 0.4) is 0 Å². The molecule has 8 heteroatoms. The van der Waals surface area contributed by atoms with Gasteiger partial charge in [0.15, 0.2) is 0 Å². The van der Waals surface area contributed by atoms with Crippen LogP contribution in [-0.4, -0.2) is 15.0 Å². The maximum absolute atomic E-state index is 13.1. The standard InChI is InChI=1S/C22H22ClFN2O3S/c23-22-13-19(24)6-5-18(22)15-29-20-7-1-17(2-8-20)14-26-12-11-16-3-9-21(10-4-16)30(25,27)28/h1-10,13,26H,11-12,14-15H2,(H2,25,27,28). The van der Waals surface area contributed by atoms with Crippen LogP contribution in [0.5, 0.6) is 5.75 Å². The summed E-state index contributed by atoms with van der Waals surface area (Å²) in [6.45, 7) is 1.70. The van der Waals surface area contributed by atoms with Crippen molar-refractivity contribution < 1.29 is 17.5 Å². The summed E-state index contributed by atoms with van der Waals surface area (Å²) in [6, 6.07) is 18.5. The van der Waals surface area contributed by atoms with Crippen LogP contribution < -0.4 is 15.2 Å². The van der Waals surface area contributed by atoms with E-state index >= 15 is 0 Å². The van der Waals surface area contributed by atoms with E-state index in [-0.39, 0.29) is 17.3 Å². The summed E-state index contributed by atoms with van der Waals surface area (Å²) in [7, 11) is -3.66. The molecular formula is C22H22ClFN2O3S. The van der Waals surface area contributed by atoms with Crippen LogP contribution in [0.2, 0.25) is 5.02 Å². The van der Waals surface area contributed by atoms with E-state index in [1.54, 1.807) is 18.2 Å². The number of rotatable bonds is 9. The van der Waals surface area contributed by atoms with Gasteiger partial charge in [0.25, 0.3) is 0 Å². The van der Waals surface area contributed by atoms with Gasteiger partial charge in [-0.05, 0) is 60.5 Å². The molecule has 0 amide bonds. The first-order valence-corrected chi connectivity index (χ1v) is 11.2. The molecule has 0 unspecified atom stereocenters. The number of benzene rings is 3. The topological polar surface area (TPSA) is 81.4 Å². The Kier molecular flexibility index (Phi) is 7.44. The highest BCUT2D eigenvalue weighted by atomic mass is 35.5. The third kappa shape index (κ3) is 6.53. The van der Waals surface area contributed by atoms with Crippen molar-refractivity contribution in [2.24, 2.45) is 5.14 Å². The molecule has 0 aromatic heterocycles. The molecule has 0 heterocycles. The van der Waals surface area contributed by atoms with Crippen LogP contribution in [0.4, 0.5) is 4.39 Å². The lowest BCUT2D eigenvalue weighted by atomic mass is 10.1. The smallest absolute Gasteiger partial charge is 0.238 e. The molecule has 3 rings (SSSR count). The van der Waals surface area contributed by atoms with E-state index in [9.17, 15) is 12.8 Å². The fraction of sp³-hybridized carbons (Fsp3) is 0.182. The summed E-state index contributed by atoms with van der Waals surface area (Å²) in [5.74, 6) is 0.329. The second-order valence-electron chi connectivity index (χ2n) is 6.78. The number of hydrogen-bond donors (Lipinski definition) is 2. The van der Waals surface area contributed by atoms with E-state index in [2.05, 4.69) is 5.32 Å². The fourth-order valence-electron chi connectivity index (χ4n) is 2.81. The van der Waals surface area contributed by atoms with Gasteiger partial charge in [0.05, 0.1) is 9.92 Å². The lowest BCUT2D eigenvalue weighted by molar-refractivity contribution is 0.306. The number of nitrogens with one attached hydrogen (secondary N) is 1. The minimum absolute atomic E-state index is 0.114. The summed E-state index contributed by atoms with van der Waals surface area (Å²) in [6.07, 6.45) is 0.768. The Morgan fingerprint density at radius 1 is 0.967 bits per heavy atom. The summed E-state index contributed by atoms with van der Waals surface area (Å²) < 4.78 is 41.3. The average Bonchev–Trinajstić information content (AvgIpc) is 2.71. The van der Waals surface area contributed by atoms with Gasteiger partial charge in [-0.2, -0.15) is 0 Å². The van der Waals surface area contributed by atoms with Crippen molar-refractivity contribution >= 4 is 21.6 Å². The molecular weight excluding hydrogens is 427 g/mol. The van der Waals surface area contributed by atoms with E-state index in [4.69, 9.17) is 21.5 Å². The molecule has 5 nitrogen and oxygen atoms in total. The van der Waals surface area contributed by atoms with Crippen LogP contribution in [0.15, 0.2) is 71.6 Å². The Morgan fingerprint density at radius 3 is 2.27 bits per heavy atom. The van der Waals surface area contributed by atoms with Gasteiger partial charge in [-0.1, -0.05) is 41.9 Å². The van der Waals surface area contributed by atoms with Crippen LogP contribution in [0.25, 0.3) is 0 Å². The average molecular weight is 449 g/mol. The number of nitrogens with two attached hydrogens (primary N) is 1. The molecule has 0 radical (unpaired) electrons. The molecule has 0 atom stereocenters. The van der Waals surface area contributed by atoms with Gasteiger partial charge < -0.3 is 10.1 Å². The number of primary sulfonamides is 1. The highest BCUT2D eigenvalue weighted by Crippen LogP contribution is 2.20. The van der Waals surface area contributed by atoms with Crippen molar-refractivity contribution in [1.29, 1.82) is 0 Å². The highest BCUT2D eigenvalue weighted by molar-refractivity contribution is 7.89. The van der Waals surface area contributed by atoms with E-state index in [1.807, 2.05) is 24.3 Å². The quantitative estimate of drug-likeness (QED) is 0.484. The second-order valence-corrected chi connectivity index (χ2v) is 8.75. The molecule has 0 aliphatic heterocycles. The zero-order valence-corrected chi connectivity index (χ0v) is 17.7. The van der Waals surface area contributed by atoms with Crippen LogP contribution in [0, 0.1) is 5.82 Å². The number of sulfonamides is 1. The first-order chi connectivity index (χ1) is 14.3. The van der Waals surface area contributed by atoms with Gasteiger partial charge in [0.1, 0.15) is 18.2 Å². The maximum Gasteiger partial charge on any atom is 0.238 e. The normalized spacial score (nSPS) is 11.4. The maximum atomic E-state index is 13.1. The van der Waals surface area contributed by atoms with Gasteiger partial charge in [-0.3, -0.25) is 0 Å². The van der Waals surface area contributed by atoms with Crippen LogP contribution in [-0.2, 0) is 29.6 Å².